The van der Waals surface area contributed by atoms with Crippen molar-refractivity contribution in [2.75, 3.05) is 26.7 Å². The van der Waals surface area contributed by atoms with Crippen LogP contribution in [-0.2, 0) is 16.1 Å². The van der Waals surface area contributed by atoms with Crippen LogP contribution in [0.1, 0.15) is 76.1 Å². The predicted octanol–water partition coefficient (Wildman–Crippen LogP) is 7.07. The van der Waals surface area contributed by atoms with Crippen LogP contribution in [-0.4, -0.2) is 54.1 Å². The summed E-state index contributed by atoms with van der Waals surface area (Å²) >= 11 is 0. The fourth-order valence-corrected chi connectivity index (χ4v) is 5.52. The van der Waals surface area contributed by atoms with Crippen LogP contribution in [0.2, 0.25) is 0 Å². The molecule has 2 amide bonds. The molecule has 6 nitrogen and oxygen atoms in total. The monoisotopic (exact) mass is 585 g/mol. The summed E-state index contributed by atoms with van der Waals surface area (Å²) in [4.78, 5) is 29.0. The topological polar surface area (TPSA) is 61.9 Å². The molecule has 7 heteroatoms. The number of hydrogen-bond donors (Lipinski definition) is 1. The normalized spacial score (nSPS) is 14.9. The van der Waals surface area contributed by atoms with E-state index in [2.05, 4.69) is 59.3 Å². The quantitative estimate of drug-likeness (QED) is 0.227. The van der Waals surface area contributed by atoms with Gasteiger partial charge in [-0.1, -0.05) is 54.3 Å². The van der Waals surface area contributed by atoms with E-state index in [1.165, 1.54) is 23.1 Å². The molecule has 1 saturated heterocycles. The zero-order valence-electron chi connectivity index (χ0n) is 26.1. The molecule has 0 radical (unpaired) electrons. The van der Waals surface area contributed by atoms with Gasteiger partial charge in [0.1, 0.15) is 11.4 Å². The lowest BCUT2D eigenvalue weighted by Crippen LogP contribution is -2.41. The Bertz CT molecular complexity index is 1480. The first kappa shape index (κ1) is 32.0. The van der Waals surface area contributed by atoms with Crippen molar-refractivity contribution >= 4 is 22.8 Å². The molecule has 1 unspecified atom stereocenters. The van der Waals surface area contributed by atoms with Gasteiger partial charge in [0.15, 0.2) is 0 Å². The van der Waals surface area contributed by atoms with Crippen LogP contribution in [0.5, 0.6) is 0 Å². The average molecular weight is 586 g/mol. The highest BCUT2D eigenvalue weighted by molar-refractivity contribution is 5.91. The number of carbonyl (C=O) groups excluding carboxylic acids is 2. The number of fused-ring (bicyclic) bond motifs is 1. The third kappa shape index (κ3) is 9.05. The highest BCUT2D eigenvalue weighted by Crippen LogP contribution is 2.32. The Balaban J connectivity index is 1.32. The minimum atomic E-state index is -0.505. The van der Waals surface area contributed by atoms with Crippen molar-refractivity contribution in [3.05, 3.63) is 83.2 Å². The van der Waals surface area contributed by atoms with Crippen molar-refractivity contribution in [2.45, 2.75) is 71.6 Å². The van der Waals surface area contributed by atoms with Crippen molar-refractivity contribution < 1.29 is 18.7 Å². The maximum atomic E-state index is 13.5. The van der Waals surface area contributed by atoms with Crippen LogP contribution < -0.4 is 5.32 Å². The molecular weight excluding hydrogens is 541 g/mol. The van der Waals surface area contributed by atoms with Crippen molar-refractivity contribution in [1.82, 2.24) is 15.1 Å². The van der Waals surface area contributed by atoms with Gasteiger partial charge in [0.05, 0.1) is 0 Å². The Hall–Kier alpha value is -3.89. The summed E-state index contributed by atoms with van der Waals surface area (Å²) in [6.07, 6.45) is 2.73. The molecule has 1 fully saturated rings. The second-order valence-corrected chi connectivity index (χ2v) is 12.4. The Morgan fingerprint density at radius 2 is 1.79 bits per heavy atom. The lowest BCUT2D eigenvalue weighted by molar-refractivity contribution is -0.126. The number of piperidine rings is 1. The zero-order valence-corrected chi connectivity index (χ0v) is 26.1. The Morgan fingerprint density at radius 1 is 1.07 bits per heavy atom. The summed E-state index contributed by atoms with van der Waals surface area (Å²) in [7, 11) is 1.75. The maximum absolute atomic E-state index is 13.5. The largest absolute Gasteiger partial charge is 0.444 e. The van der Waals surface area contributed by atoms with E-state index in [0.29, 0.717) is 19.5 Å². The first-order valence-corrected chi connectivity index (χ1v) is 15.2. The molecule has 0 saturated carbocycles. The molecule has 1 N–H and O–H groups in total. The number of carbonyl (C=O) groups is 2. The molecule has 3 aromatic rings. The second-order valence-electron chi connectivity index (χ2n) is 12.4. The molecule has 228 valence electrons. The SMILES string of the molecule is CC(c1ccc(C#CCCCN(C)C(=O)OC(C)(C)C)c2ccccc12)N1CCC(C(=O)NCc2cccc(F)c2)CC1. The standard InChI is InChI=1S/C36H44FN3O3/c1-26(40-22-19-29(20-23-40)34(41)38-25-27-12-11-14-30(37)24-27)31-18-17-28(32-15-8-9-16-33(31)32)13-7-6-10-21-39(5)35(42)43-36(2,3)4/h8-9,11-12,14-18,24,26,29H,6,10,19-23,25H2,1-5H3,(H,38,41). The van der Waals surface area contributed by atoms with Gasteiger partial charge in [-0.05, 0) is 100 Å². The average Bonchev–Trinajstić information content (AvgIpc) is 2.98. The van der Waals surface area contributed by atoms with E-state index in [1.54, 1.807) is 18.0 Å². The second kappa shape index (κ2) is 14.5. The molecule has 1 aliphatic rings. The minimum absolute atomic E-state index is 0.0321. The van der Waals surface area contributed by atoms with E-state index in [4.69, 9.17) is 4.74 Å². The van der Waals surface area contributed by atoms with Crippen molar-refractivity contribution in [2.24, 2.45) is 5.92 Å². The molecule has 43 heavy (non-hydrogen) atoms. The lowest BCUT2D eigenvalue weighted by Gasteiger charge is -2.36. The fraction of sp³-hybridized carbons (Fsp3) is 0.444. The van der Waals surface area contributed by atoms with E-state index in [9.17, 15) is 14.0 Å². The van der Waals surface area contributed by atoms with Crippen LogP contribution in [0.15, 0.2) is 60.7 Å². The molecule has 1 aliphatic heterocycles. The van der Waals surface area contributed by atoms with Gasteiger partial charge in [0.2, 0.25) is 5.91 Å². The number of benzene rings is 3. The van der Waals surface area contributed by atoms with E-state index in [-0.39, 0.29) is 29.8 Å². The summed E-state index contributed by atoms with van der Waals surface area (Å²) in [5, 5.41) is 5.32. The molecule has 0 bridgehead atoms. The molecule has 0 aromatic heterocycles. The molecule has 1 heterocycles. The number of unbranched alkanes of at least 4 members (excludes halogenated alkanes) is 1. The summed E-state index contributed by atoms with van der Waals surface area (Å²) in [6, 6.07) is 19.2. The van der Waals surface area contributed by atoms with Crippen molar-refractivity contribution in [3.63, 3.8) is 0 Å². The molecule has 3 aromatic carbocycles. The van der Waals surface area contributed by atoms with Gasteiger partial charge in [0.25, 0.3) is 0 Å². The van der Waals surface area contributed by atoms with E-state index < -0.39 is 5.60 Å². The Kier molecular flexibility index (Phi) is 10.8. The van der Waals surface area contributed by atoms with Crippen molar-refractivity contribution in [3.8, 4) is 11.8 Å². The highest BCUT2D eigenvalue weighted by Gasteiger charge is 2.28. The lowest BCUT2D eigenvalue weighted by atomic mass is 9.91. The predicted molar refractivity (Wildman–Crippen MR) is 170 cm³/mol. The number of nitrogens with one attached hydrogen (secondary N) is 1. The van der Waals surface area contributed by atoms with E-state index in [1.807, 2.05) is 32.9 Å². The third-order valence-corrected chi connectivity index (χ3v) is 7.94. The number of likely N-dealkylation sites (tertiary alicyclic amines) is 1. The number of ether oxygens (including phenoxy) is 1. The number of amides is 2. The van der Waals surface area contributed by atoms with Gasteiger partial charge in [-0.25, -0.2) is 9.18 Å². The van der Waals surface area contributed by atoms with Gasteiger partial charge in [0, 0.05) is 44.1 Å². The molecule has 0 spiro atoms. The van der Waals surface area contributed by atoms with Gasteiger partial charge in [-0.2, -0.15) is 0 Å². The molecule has 0 aliphatic carbocycles. The van der Waals surface area contributed by atoms with E-state index in [0.717, 1.165) is 48.9 Å². The van der Waals surface area contributed by atoms with Crippen LogP contribution >= 0.6 is 0 Å². The summed E-state index contributed by atoms with van der Waals surface area (Å²) < 4.78 is 18.9. The minimum Gasteiger partial charge on any atom is -0.444 e. The van der Waals surface area contributed by atoms with E-state index >= 15 is 0 Å². The van der Waals surface area contributed by atoms with Crippen LogP contribution in [0.3, 0.4) is 0 Å². The molecule has 4 rings (SSSR count). The van der Waals surface area contributed by atoms with Crippen LogP contribution in [0, 0.1) is 23.6 Å². The Morgan fingerprint density at radius 3 is 2.49 bits per heavy atom. The number of halogens is 1. The first-order valence-electron chi connectivity index (χ1n) is 15.2. The Labute approximate surface area is 255 Å². The highest BCUT2D eigenvalue weighted by atomic mass is 19.1. The molecule has 1 atom stereocenters. The van der Waals surface area contributed by atoms with Crippen LogP contribution in [0.4, 0.5) is 9.18 Å². The number of rotatable bonds is 8. The number of hydrogen-bond acceptors (Lipinski definition) is 4. The fourth-order valence-electron chi connectivity index (χ4n) is 5.52. The van der Waals surface area contributed by atoms with Gasteiger partial charge < -0.3 is 15.0 Å². The zero-order chi connectivity index (χ0) is 31.0. The first-order chi connectivity index (χ1) is 20.5. The number of nitrogens with zero attached hydrogens (tertiary/aromatic N) is 2. The smallest absolute Gasteiger partial charge is 0.410 e. The van der Waals surface area contributed by atoms with Crippen LogP contribution in [0.25, 0.3) is 10.8 Å². The third-order valence-electron chi connectivity index (χ3n) is 7.94. The van der Waals surface area contributed by atoms with Gasteiger partial charge in [-0.3, -0.25) is 9.69 Å². The molecular formula is C36H44FN3O3. The summed E-state index contributed by atoms with van der Waals surface area (Å²) in [5.74, 6) is 6.37. The van der Waals surface area contributed by atoms with Crippen molar-refractivity contribution in [1.29, 1.82) is 0 Å². The van der Waals surface area contributed by atoms with Gasteiger partial charge >= 0.3 is 6.09 Å². The summed E-state index contributed by atoms with van der Waals surface area (Å²) in [6.45, 7) is 10.4. The van der Waals surface area contributed by atoms with Gasteiger partial charge in [-0.15, -0.1) is 0 Å². The maximum Gasteiger partial charge on any atom is 0.410 e. The summed E-state index contributed by atoms with van der Waals surface area (Å²) in [5.41, 5.74) is 2.52.